The maximum Gasteiger partial charge on any atom is 0.404 e. The summed E-state index contributed by atoms with van der Waals surface area (Å²) >= 11 is 0. The van der Waals surface area contributed by atoms with E-state index in [1.807, 2.05) is 13.8 Å². The first-order chi connectivity index (χ1) is 13.0. The van der Waals surface area contributed by atoms with Gasteiger partial charge in [0, 0.05) is 13.2 Å². The van der Waals surface area contributed by atoms with Gasteiger partial charge in [-0.1, -0.05) is 70.7 Å². The molecule has 158 valence electrons. The van der Waals surface area contributed by atoms with E-state index in [0.717, 1.165) is 12.8 Å². The van der Waals surface area contributed by atoms with Gasteiger partial charge in [0.05, 0.1) is 0 Å². The van der Waals surface area contributed by atoms with Gasteiger partial charge in [0.2, 0.25) is 0 Å². The number of nitrogens with one attached hydrogen (secondary N) is 1. The van der Waals surface area contributed by atoms with E-state index in [9.17, 15) is 4.79 Å². The highest BCUT2D eigenvalue weighted by Gasteiger charge is 2.14. The second-order valence-electron chi connectivity index (χ2n) is 6.23. The predicted molar refractivity (Wildman–Crippen MR) is 113 cm³/mol. The molecule has 2 rings (SSSR count). The Morgan fingerprint density at radius 1 is 1.19 bits per heavy atom. The van der Waals surface area contributed by atoms with Crippen molar-refractivity contribution in [1.29, 1.82) is 0 Å². The molecule has 1 aliphatic rings. The van der Waals surface area contributed by atoms with Crippen LogP contribution in [-0.2, 0) is 11.2 Å². The van der Waals surface area contributed by atoms with Crippen LogP contribution in [0.15, 0.2) is 24.3 Å². The molecule has 0 aliphatic heterocycles. The third-order valence-corrected chi connectivity index (χ3v) is 4.12. The number of hydrogen-bond acceptors (Lipinski definition) is 3. The highest BCUT2D eigenvalue weighted by atomic mass is 16.6. The highest BCUT2D eigenvalue weighted by molar-refractivity contribution is 5.64. The number of methoxy groups -OCH3 is 1. The van der Waals surface area contributed by atoms with Crippen LogP contribution in [-0.4, -0.2) is 36.3 Å². The van der Waals surface area contributed by atoms with Crippen molar-refractivity contribution in [3.05, 3.63) is 35.4 Å². The molecule has 27 heavy (non-hydrogen) atoms. The van der Waals surface area contributed by atoms with Gasteiger partial charge in [-0.15, -0.1) is 0 Å². The molecule has 0 atom stereocenters. The molecular weight excluding hydrogens is 342 g/mol. The lowest BCUT2D eigenvalue weighted by Gasteiger charge is -2.20. The van der Waals surface area contributed by atoms with Crippen molar-refractivity contribution < 1.29 is 19.7 Å². The topological polar surface area (TPSA) is 78.8 Å². The maximum absolute atomic E-state index is 10.2. The zero-order valence-electron chi connectivity index (χ0n) is 18.0. The van der Waals surface area contributed by atoms with Crippen molar-refractivity contribution in [1.82, 2.24) is 5.32 Å². The lowest BCUT2D eigenvalue weighted by Crippen LogP contribution is -2.34. The summed E-state index contributed by atoms with van der Waals surface area (Å²) in [5.74, 6) is 0. The number of benzene rings is 1. The first kappa shape index (κ1) is 27.6. The molecule has 0 heterocycles. The lowest BCUT2D eigenvalue weighted by atomic mass is 9.96. The standard InChI is InChI=1S/C11H16.C7H13NO2.C2H6O2.C2H6/c1-3-4-8-11-9-6-5-7-10(11)2;9-7(10)8-6-4-2-1-3-5-6;1-4-2-3;1-2/h5-7,9H,3-4,8H2,1-2H3;6,8H,1-5H2,(H,9,10);3H,2H2,1H3;1-2H3. The number of aryl methyl sites for hydroxylation is 2. The van der Waals surface area contributed by atoms with E-state index in [1.165, 1.54) is 56.8 Å². The Balaban J connectivity index is 0. The predicted octanol–water partition coefficient (Wildman–Crippen LogP) is 5.53. The van der Waals surface area contributed by atoms with E-state index in [2.05, 4.69) is 48.2 Å². The normalized spacial score (nSPS) is 13.0. The molecule has 5 heteroatoms. The molecule has 5 nitrogen and oxygen atoms in total. The summed E-state index contributed by atoms with van der Waals surface area (Å²) in [6, 6.07) is 8.87. The van der Waals surface area contributed by atoms with Crippen LogP contribution in [0.25, 0.3) is 0 Å². The van der Waals surface area contributed by atoms with Gasteiger partial charge in [-0.2, -0.15) is 0 Å². The van der Waals surface area contributed by atoms with E-state index in [4.69, 9.17) is 10.2 Å². The first-order valence-electron chi connectivity index (χ1n) is 10.2. The quantitative estimate of drug-likeness (QED) is 0.584. The number of aliphatic hydroxyl groups excluding tert-OH is 1. The van der Waals surface area contributed by atoms with Crippen LogP contribution in [0.5, 0.6) is 0 Å². The van der Waals surface area contributed by atoms with E-state index in [1.54, 1.807) is 0 Å². The number of ether oxygens (including phenoxy) is 1. The summed E-state index contributed by atoms with van der Waals surface area (Å²) in [5.41, 5.74) is 2.94. The number of unbranched alkanes of at least 4 members (excludes halogenated alkanes) is 1. The zero-order valence-corrected chi connectivity index (χ0v) is 18.0. The molecule has 3 N–H and O–H groups in total. The third kappa shape index (κ3) is 17.6. The molecule has 0 bridgehead atoms. The fourth-order valence-electron chi connectivity index (χ4n) is 2.68. The molecule has 0 saturated heterocycles. The van der Waals surface area contributed by atoms with Gasteiger partial charge < -0.3 is 20.3 Å². The summed E-state index contributed by atoms with van der Waals surface area (Å²) in [5, 5.41) is 18.5. The van der Waals surface area contributed by atoms with Gasteiger partial charge >= 0.3 is 6.09 Å². The first-order valence-corrected chi connectivity index (χ1v) is 10.2. The molecule has 0 aromatic heterocycles. The van der Waals surface area contributed by atoms with Crippen LogP contribution in [0.2, 0.25) is 0 Å². The molecule has 1 aliphatic carbocycles. The number of carboxylic acid groups (broad SMARTS) is 1. The number of aliphatic hydroxyl groups is 1. The minimum atomic E-state index is -0.882. The van der Waals surface area contributed by atoms with Gasteiger partial charge in [0.25, 0.3) is 0 Å². The average Bonchev–Trinajstić information content (AvgIpc) is 2.70. The van der Waals surface area contributed by atoms with Crippen molar-refractivity contribution in [3.63, 3.8) is 0 Å². The fraction of sp³-hybridized carbons (Fsp3) is 0.682. The van der Waals surface area contributed by atoms with Gasteiger partial charge in [-0.05, 0) is 43.7 Å². The monoisotopic (exact) mass is 383 g/mol. The van der Waals surface area contributed by atoms with Crippen molar-refractivity contribution in [3.8, 4) is 0 Å². The Labute approximate surface area is 166 Å². The molecule has 1 aromatic rings. The fourth-order valence-corrected chi connectivity index (χ4v) is 2.68. The highest BCUT2D eigenvalue weighted by Crippen LogP contribution is 2.16. The largest absolute Gasteiger partial charge is 0.465 e. The Morgan fingerprint density at radius 2 is 1.74 bits per heavy atom. The minimum absolute atomic E-state index is 0.181. The Hall–Kier alpha value is -1.59. The van der Waals surface area contributed by atoms with Crippen LogP contribution in [0.4, 0.5) is 4.79 Å². The molecule has 0 unspecified atom stereocenters. The van der Waals surface area contributed by atoms with Crippen molar-refractivity contribution in [2.45, 2.75) is 85.1 Å². The van der Waals surface area contributed by atoms with E-state index in [-0.39, 0.29) is 12.8 Å². The third-order valence-electron chi connectivity index (χ3n) is 4.12. The van der Waals surface area contributed by atoms with Crippen LogP contribution in [0.1, 0.15) is 76.8 Å². The van der Waals surface area contributed by atoms with Crippen molar-refractivity contribution in [2.24, 2.45) is 0 Å². The molecule has 0 spiro atoms. The summed E-state index contributed by atoms with van der Waals surface area (Å²) in [4.78, 5) is 10.2. The number of hydrogen-bond donors (Lipinski definition) is 3. The Bertz CT molecular complexity index is 444. The minimum Gasteiger partial charge on any atom is -0.465 e. The molecule has 1 amide bonds. The zero-order chi connectivity index (χ0) is 20.9. The van der Waals surface area contributed by atoms with E-state index >= 15 is 0 Å². The summed E-state index contributed by atoms with van der Waals surface area (Å²) < 4.78 is 4.10. The molecular formula is C22H41NO4. The summed E-state index contributed by atoms with van der Waals surface area (Å²) in [7, 11) is 1.43. The molecule has 0 radical (unpaired) electrons. The number of amides is 1. The SMILES string of the molecule is CC.CCCCc1ccccc1C.COCO.O=C(O)NC1CCCCC1. The van der Waals surface area contributed by atoms with Gasteiger partial charge in [-0.25, -0.2) is 4.79 Å². The van der Waals surface area contributed by atoms with E-state index < -0.39 is 6.09 Å². The second-order valence-corrected chi connectivity index (χ2v) is 6.23. The van der Waals surface area contributed by atoms with Crippen LogP contribution >= 0.6 is 0 Å². The average molecular weight is 384 g/mol. The Kier molecular flexibility index (Phi) is 21.2. The van der Waals surface area contributed by atoms with E-state index in [0.29, 0.717) is 0 Å². The lowest BCUT2D eigenvalue weighted by molar-refractivity contribution is 0.0325. The smallest absolute Gasteiger partial charge is 0.404 e. The van der Waals surface area contributed by atoms with Crippen molar-refractivity contribution in [2.75, 3.05) is 13.9 Å². The molecule has 1 saturated carbocycles. The molecule has 1 aromatic carbocycles. The van der Waals surface area contributed by atoms with Crippen LogP contribution in [0, 0.1) is 6.92 Å². The summed E-state index contributed by atoms with van der Waals surface area (Å²) in [6.45, 7) is 8.24. The second kappa shape index (κ2) is 20.7. The molecule has 1 fully saturated rings. The number of carbonyl (C=O) groups is 1. The van der Waals surface area contributed by atoms with Gasteiger partial charge in [0.1, 0.15) is 6.79 Å². The summed E-state index contributed by atoms with van der Waals surface area (Å²) in [6.07, 6.45) is 8.60. The van der Waals surface area contributed by atoms with Crippen LogP contribution < -0.4 is 5.32 Å². The number of rotatable bonds is 5. The maximum atomic E-state index is 10.2. The van der Waals surface area contributed by atoms with Gasteiger partial charge in [0.15, 0.2) is 0 Å². The van der Waals surface area contributed by atoms with Gasteiger partial charge in [-0.3, -0.25) is 0 Å². The van der Waals surface area contributed by atoms with Crippen LogP contribution in [0.3, 0.4) is 0 Å². The Morgan fingerprint density at radius 3 is 2.19 bits per heavy atom. The van der Waals surface area contributed by atoms with Crippen molar-refractivity contribution >= 4 is 6.09 Å².